The Morgan fingerprint density at radius 3 is 2.41 bits per heavy atom. The van der Waals surface area contributed by atoms with Crippen molar-refractivity contribution in [2.24, 2.45) is 0 Å². The van der Waals surface area contributed by atoms with Gasteiger partial charge in [0.05, 0.1) is 18.5 Å². The van der Waals surface area contributed by atoms with Crippen LogP contribution >= 0.6 is 24.8 Å². The molecule has 2 rings (SSSR count). The van der Waals surface area contributed by atoms with Gasteiger partial charge in [-0.3, -0.25) is 15.3 Å². The Balaban J connectivity index is 0.00000128. The number of rotatable bonds is 4. The summed E-state index contributed by atoms with van der Waals surface area (Å²) in [5, 5.41) is 0. The van der Waals surface area contributed by atoms with Crippen LogP contribution in [-0.4, -0.2) is 4.98 Å². The van der Waals surface area contributed by atoms with Crippen LogP contribution in [0.5, 0.6) is 0 Å². The van der Waals surface area contributed by atoms with Gasteiger partial charge < -0.3 is 0 Å². The molecule has 92 valence electrons. The largest absolute Gasteiger partial charge is 0.271 e. The van der Waals surface area contributed by atoms with Crippen LogP contribution in [0.1, 0.15) is 5.56 Å². The lowest BCUT2D eigenvalue weighted by atomic mass is 10.2. The lowest BCUT2D eigenvalue weighted by Crippen LogP contribution is -2.01. The first-order chi connectivity index (χ1) is 7.45. The van der Waals surface area contributed by atoms with Crippen molar-refractivity contribution in [2.45, 2.75) is 6.61 Å². The Morgan fingerprint density at radius 1 is 1.00 bits per heavy atom. The van der Waals surface area contributed by atoms with Gasteiger partial charge in [0.25, 0.3) is 0 Å². The second-order valence-corrected chi connectivity index (χ2v) is 3.12. The Labute approximate surface area is 113 Å². The van der Waals surface area contributed by atoms with E-state index in [0.717, 1.165) is 11.3 Å². The smallest absolute Gasteiger partial charge is 0.0996 e. The number of halogens is 2. The Bertz CT molecular complexity index is 358. The van der Waals surface area contributed by atoms with E-state index in [1.165, 1.54) is 0 Å². The second kappa shape index (κ2) is 8.82. The number of nitrogens with zero attached hydrogens (tertiary/aromatic N) is 1. The summed E-state index contributed by atoms with van der Waals surface area (Å²) in [5.41, 5.74) is 4.82. The van der Waals surface area contributed by atoms with E-state index in [2.05, 4.69) is 10.5 Å². The molecular weight excluding hydrogens is 259 g/mol. The predicted octanol–water partition coefficient (Wildman–Crippen LogP) is 3.47. The number of hydrogen-bond donors (Lipinski definition) is 1. The summed E-state index contributed by atoms with van der Waals surface area (Å²) in [5.74, 6) is 0. The number of anilines is 1. The highest BCUT2D eigenvalue weighted by molar-refractivity contribution is 5.85. The fourth-order valence-electron chi connectivity index (χ4n) is 1.20. The predicted molar refractivity (Wildman–Crippen MR) is 73.6 cm³/mol. The van der Waals surface area contributed by atoms with Crippen LogP contribution in [0.15, 0.2) is 54.9 Å². The lowest BCUT2D eigenvalue weighted by molar-refractivity contribution is 0.180. The SMILES string of the molecule is Cl.Cl.c1ccc(CONc2cccnc2)cc1. The first-order valence-corrected chi connectivity index (χ1v) is 4.77. The summed E-state index contributed by atoms with van der Waals surface area (Å²) < 4.78 is 0. The first-order valence-electron chi connectivity index (χ1n) is 4.77. The number of pyridine rings is 1. The molecule has 0 atom stereocenters. The maximum atomic E-state index is 5.32. The molecule has 0 aliphatic rings. The third-order valence-electron chi connectivity index (χ3n) is 1.93. The molecular formula is C12H14Cl2N2O. The van der Waals surface area contributed by atoms with E-state index < -0.39 is 0 Å². The van der Waals surface area contributed by atoms with Gasteiger partial charge >= 0.3 is 0 Å². The molecule has 5 heteroatoms. The van der Waals surface area contributed by atoms with Crippen molar-refractivity contribution in [2.75, 3.05) is 5.48 Å². The minimum atomic E-state index is 0. The van der Waals surface area contributed by atoms with Crippen molar-refractivity contribution < 1.29 is 4.84 Å². The summed E-state index contributed by atoms with van der Waals surface area (Å²) in [6, 6.07) is 13.8. The van der Waals surface area contributed by atoms with Gasteiger partial charge in [0.2, 0.25) is 0 Å². The quantitative estimate of drug-likeness (QED) is 0.866. The zero-order chi connectivity index (χ0) is 10.3. The minimum Gasteiger partial charge on any atom is -0.271 e. The van der Waals surface area contributed by atoms with Crippen LogP contribution in [-0.2, 0) is 11.4 Å². The maximum absolute atomic E-state index is 5.32. The molecule has 0 bridgehead atoms. The minimum absolute atomic E-state index is 0. The van der Waals surface area contributed by atoms with Gasteiger partial charge in [0.15, 0.2) is 0 Å². The van der Waals surface area contributed by atoms with Crippen LogP contribution < -0.4 is 5.48 Å². The zero-order valence-electron chi connectivity index (χ0n) is 9.08. The molecule has 0 unspecified atom stereocenters. The van der Waals surface area contributed by atoms with Crippen LogP contribution in [0.25, 0.3) is 0 Å². The van der Waals surface area contributed by atoms with Crippen LogP contribution in [0.2, 0.25) is 0 Å². The van der Waals surface area contributed by atoms with Crippen molar-refractivity contribution in [3.8, 4) is 0 Å². The molecule has 0 radical (unpaired) electrons. The molecule has 0 aliphatic heterocycles. The summed E-state index contributed by atoms with van der Waals surface area (Å²) in [6.07, 6.45) is 3.44. The van der Waals surface area contributed by atoms with E-state index in [-0.39, 0.29) is 24.8 Å². The number of nitrogens with one attached hydrogen (secondary N) is 1. The summed E-state index contributed by atoms with van der Waals surface area (Å²) in [6.45, 7) is 0.537. The fraction of sp³-hybridized carbons (Fsp3) is 0.0833. The molecule has 1 aromatic heterocycles. The van der Waals surface area contributed by atoms with Crippen molar-refractivity contribution in [3.05, 3.63) is 60.4 Å². The highest BCUT2D eigenvalue weighted by Crippen LogP contribution is 2.05. The summed E-state index contributed by atoms with van der Waals surface area (Å²) in [4.78, 5) is 9.28. The van der Waals surface area contributed by atoms with E-state index in [0.29, 0.717) is 6.61 Å². The van der Waals surface area contributed by atoms with Gasteiger partial charge in [0.1, 0.15) is 0 Å². The molecule has 0 fully saturated rings. The molecule has 17 heavy (non-hydrogen) atoms. The third-order valence-corrected chi connectivity index (χ3v) is 1.93. The Morgan fingerprint density at radius 2 is 1.76 bits per heavy atom. The molecule has 0 aliphatic carbocycles. The van der Waals surface area contributed by atoms with Gasteiger partial charge in [-0.25, -0.2) is 0 Å². The highest BCUT2D eigenvalue weighted by Gasteiger charge is 1.92. The lowest BCUT2D eigenvalue weighted by Gasteiger charge is -2.05. The topological polar surface area (TPSA) is 34.1 Å². The average Bonchev–Trinajstić information content (AvgIpc) is 2.32. The van der Waals surface area contributed by atoms with Gasteiger partial charge in [-0.05, 0) is 17.7 Å². The van der Waals surface area contributed by atoms with E-state index in [1.54, 1.807) is 12.4 Å². The number of aromatic nitrogens is 1. The van der Waals surface area contributed by atoms with Crippen LogP contribution in [0, 0.1) is 0 Å². The monoisotopic (exact) mass is 272 g/mol. The summed E-state index contributed by atoms with van der Waals surface area (Å²) >= 11 is 0. The molecule has 0 saturated heterocycles. The fourth-order valence-corrected chi connectivity index (χ4v) is 1.20. The zero-order valence-corrected chi connectivity index (χ0v) is 10.7. The molecule has 1 N–H and O–H groups in total. The van der Waals surface area contributed by atoms with Crippen LogP contribution in [0.3, 0.4) is 0 Å². The highest BCUT2D eigenvalue weighted by atomic mass is 35.5. The standard InChI is InChI=1S/C12H12N2O.2ClH/c1-2-5-11(6-3-1)10-15-14-12-7-4-8-13-9-12;;/h1-9,14H,10H2;2*1H. The van der Waals surface area contributed by atoms with Crippen molar-refractivity contribution in [1.29, 1.82) is 0 Å². The summed E-state index contributed by atoms with van der Waals surface area (Å²) in [7, 11) is 0. The molecule has 2 aromatic rings. The second-order valence-electron chi connectivity index (χ2n) is 3.12. The van der Waals surface area contributed by atoms with E-state index in [1.807, 2.05) is 42.5 Å². The molecule has 1 heterocycles. The average molecular weight is 273 g/mol. The van der Waals surface area contributed by atoms with E-state index in [9.17, 15) is 0 Å². The Kier molecular flexibility index (Phi) is 8.15. The maximum Gasteiger partial charge on any atom is 0.0996 e. The normalized spacial score (nSPS) is 8.71. The van der Waals surface area contributed by atoms with E-state index >= 15 is 0 Å². The van der Waals surface area contributed by atoms with Gasteiger partial charge in [0, 0.05) is 6.20 Å². The Hall–Kier alpha value is -1.29. The first kappa shape index (κ1) is 15.7. The van der Waals surface area contributed by atoms with Crippen molar-refractivity contribution >= 4 is 30.5 Å². The van der Waals surface area contributed by atoms with Crippen LogP contribution in [0.4, 0.5) is 5.69 Å². The molecule has 3 nitrogen and oxygen atoms in total. The molecule has 1 aromatic carbocycles. The molecule has 0 saturated carbocycles. The van der Waals surface area contributed by atoms with Gasteiger partial charge in [-0.2, -0.15) is 0 Å². The van der Waals surface area contributed by atoms with Crippen molar-refractivity contribution in [1.82, 2.24) is 4.98 Å². The van der Waals surface area contributed by atoms with Crippen molar-refractivity contribution in [3.63, 3.8) is 0 Å². The number of hydrogen-bond acceptors (Lipinski definition) is 3. The van der Waals surface area contributed by atoms with Gasteiger partial charge in [-0.15, -0.1) is 24.8 Å². The van der Waals surface area contributed by atoms with E-state index in [4.69, 9.17) is 4.84 Å². The third kappa shape index (κ3) is 5.54. The number of benzene rings is 1. The molecule has 0 spiro atoms. The molecule has 0 amide bonds. The van der Waals surface area contributed by atoms with Gasteiger partial charge in [-0.1, -0.05) is 30.3 Å².